The number of hydrogen-bond donors (Lipinski definition) is 1. The molecule has 0 radical (unpaired) electrons. The maximum atomic E-state index is 13.2. The number of carbonyl (C=O) groups is 1. The van der Waals surface area contributed by atoms with Gasteiger partial charge in [-0.25, -0.2) is 13.4 Å². The zero-order chi connectivity index (χ0) is 19.8. The Morgan fingerprint density at radius 1 is 1.26 bits per heavy atom. The zero-order valence-corrected chi connectivity index (χ0v) is 16.6. The van der Waals surface area contributed by atoms with Crippen molar-refractivity contribution in [1.29, 1.82) is 0 Å². The predicted molar refractivity (Wildman–Crippen MR) is 103 cm³/mol. The number of nitrogens with one attached hydrogen (secondary N) is 1. The van der Waals surface area contributed by atoms with Gasteiger partial charge >= 0.3 is 0 Å². The summed E-state index contributed by atoms with van der Waals surface area (Å²) in [6.07, 6.45) is 1.39. The van der Waals surface area contributed by atoms with Gasteiger partial charge in [-0.3, -0.25) is 9.10 Å². The molecule has 0 saturated carbocycles. The summed E-state index contributed by atoms with van der Waals surface area (Å²) in [6.45, 7) is 7.79. The number of benzene rings is 1. The molecule has 1 aliphatic heterocycles. The van der Waals surface area contributed by atoms with Crippen LogP contribution in [0.25, 0.3) is 0 Å². The smallest absolute Gasteiger partial charge is 0.264 e. The van der Waals surface area contributed by atoms with Crippen molar-refractivity contribution in [2.24, 2.45) is 0 Å². The summed E-state index contributed by atoms with van der Waals surface area (Å²) in [5, 5.41) is 2.85. The molecular weight excluding hydrogens is 366 g/mol. The summed E-state index contributed by atoms with van der Waals surface area (Å²) < 4.78 is 33.1. The number of amides is 1. The number of anilines is 1. The summed E-state index contributed by atoms with van der Waals surface area (Å²) in [4.78, 5) is 16.8. The molecule has 0 aliphatic carbocycles. The normalized spacial score (nSPS) is 14.3. The lowest BCUT2D eigenvalue weighted by molar-refractivity contribution is 0.0919. The van der Waals surface area contributed by atoms with Crippen LogP contribution in [0.4, 0.5) is 5.69 Å². The largest absolute Gasteiger partial charge is 0.474 e. The third-order valence-electron chi connectivity index (χ3n) is 3.96. The summed E-state index contributed by atoms with van der Waals surface area (Å²) in [7, 11) is -3.79. The molecule has 0 unspecified atom stereocenters. The van der Waals surface area contributed by atoms with Crippen LogP contribution >= 0.6 is 0 Å². The molecule has 144 valence electrons. The minimum atomic E-state index is -3.79. The van der Waals surface area contributed by atoms with Crippen molar-refractivity contribution in [3.8, 4) is 5.88 Å². The van der Waals surface area contributed by atoms with Gasteiger partial charge in [0.05, 0.1) is 17.0 Å². The average Bonchev–Trinajstić information content (AvgIpc) is 2.59. The Hall–Kier alpha value is -2.61. The minimum absolute atomic E-state index is 0.148. The van der Waals surface area contributed by atoms with E-state index in [1.807, 2.05) is 33.8 Å². The van der Waals surface area contributed by atoms with E-state index in [1.54, 1.807) is 18.2 Å². The van der Waals surface area contributed by atoms with Crippen molar-refractivity contribution < 1.29 is 17.9 Å². The fraction of sp³-hybridized carbons (Fsp3) is 0.368. The fourth-order valence-corrected chi connectivity index (χ4v) is 4.31. The van der Waals surface area contributed by atoms with Crippen molar-refractivity contribution >= 4 is 21.6 Å². The third-order valence-corrected chi connectivity index (χ3v) is 5.77. The second kappa shape index (κ2) is 6.84. The Labute approximate surface area is 159 Å². The number of fused-ring (bicyclic) bond motifs is 1. The van der Waals surface area contributed by atoms with Gasteiger partial charge in [0, 0.05) is 11.7 Å². The first-order valence-electron chi connectivity index (χ1n) is 8.63. The summed E-state index contributed by atoms with van der Waals surface area (Å²) in [6, 6.07) is 8.23. The van der Waals surface area contributed by atoms with Crippen LogP contribution in [0.15, 0.2) is 41.4 Å². The van der Waals surface area contributed by atoms with Gasteiger partial charge < -0.3 is 10.1 Å². The van der Waals surface area contributed by atoms with Gasteiger partial charge in [0.1, 0.15) is 12.3 Å². The maximum absolute atomic E-state index is 13.2. The molecular formula is C19H23N3O4S. The fourth-order valence-electron chi connectivity index (χ4n) is 2.77. The number of aromatic nitrogens is 1. The van der Waals surface area contributed by atoms with E-state index in [4.69, 9.17) is 4.74 Å². The van der Waals surface area contributed by atoms with Gasteiger partial charge in [-0.1, -0.05) is 12.1 Å². The molecule has 1 N–H and O–H groups in total. The molecule has 1 amide bonds. The molecule has 8 heteroatoms. The van der Waals surface area contributed by atoms with Crippen LogP contribution in [0.3, 0.4) is 0 Å². The Morgan fingerprint density at radius 3 is 2.67 bits per heavy atom. The molecule has 0 spiro atoms. The molecule has 7 nitrogen and oxygen atoms in total. The lowest BCUT2D eigenvalue weighted by Crippen LogP contribution is -2.41. The highest BCUT2D eigenvalue weighted by Crippen LogP contribution is 2.34. The zero-order valence-electron chi connectivity index (χ0n) is 15.8. The topological polar surface area (TPSA) is 88.6 Å². The first-order chi connectivity index (χ1) is 12.6. The molecule has 27 heavy (non-hydrogen) atoms. The van der Waals surface area contributed by atoms with Gasteiger partial charge in [-0.2, -0.15) is 0 Å². The van der Waals surface area contributed by atoms with Crippen molar-refractivity contribution in [3.63, 3.8) is 0 Å². The Morgan fingerprint density at radius 2 is 2.00 bits per heavy atom. The van der Waals surface area contributed by atoms with Crippen LogP contribution in [0, 0.1) is 6.92 Å². The number of nitrogens with zero attached hydrogens (tertiary/aromatic N) is 2. The molecule has 1 aromatic heterocycles. The number of pyridine rings is 1. The van der Waals surface area contributed by atoms with Crippen molar-refractivity contribution in [2.75, 3.05) is 17.5 Å². The first-order valence-corrected chi connectivity index (χ1v) is 10.1. The number of sulfonamides is 1. The highest BCUT2D eigenvalue weighted by atomic mass is 32.2. The van der Waals surface area contributed by atoms with Crippen LogP contribution in [0.2, 0.25) is 0 Å². The van der Waals surface area contributed by atoms with E-state index in [9.17, 15) is 13.2 Å². The van der Waals surface area contributed by atoms with Gasteiger partial charge in [0.2, 0.25) is 5.88 Å². The maximum Gasteiger partial charge on any atom is 0.264 e. The van der Waals surface area contributed by atoms with Crippen LogP contribution in [0.1, 0.15) is 36.7 Å². The van der Waals surface area contributed by atoms with Gasteiger partial charge in [0.15, 0.2) is 0 Å². The lowest BCUT2D eigenvalue weighted by Gasteiger charge is -2.30. The van der Waals surface area contributed by atoms with E-state index >= 15 is 0 Å². The first kappa shape index (κ1) is 19.2. The highest BCUT2D eigenvalue weighted by molar-refractivity contribution is 7.92. The molecule has 1 aromatic carbocycles. The molecule has 3 rings (SSSR count). The van der Waals surface area contributed by atoms with E-state index in [2.05, 4.69) is 10.3 Å². The molecule has 0 atom stereocenters. The SMILES string of the molecule is Cc1cccc(S(=O)(=O)N2CCOc3ncc(C(=O)NC(C)(C)C)cc32)c1. The van der Waals surface area contributed by atoms with Crippen LogP contribution < -0.4 is 14.4 Å². The van der Waals surface area contributed by atoms with E-state index in [1.165, 1.54) is 16.6 Å². The monoisotopic (exact) mass is 389 g/mol. The van der Waals surface area contributed by atoms with Crippen molar-refractivity contribution in [1.82, 2.24) is 10.3 Å². The lowest BCUT2D eigenvalue weighted by atomic mass is 10.1. The molecule has 0 bridgehead atoms. The van der Waals surface area contributed by atoms with Gasteiger partial charge in [0.25, 0.3) is 15.9 Å². The number of hydrogen-bond acceptors (Lipinski definition) is 5. The number of carbonyl (C=O) groups excluding carboxylic acids is 1. The van der Waals surface area contributed by atoms with Crippen LogP contribution in [-0.2, 0) is 10.0 Å². The minimum Gasteiger partial charge on any atom is -0.474 e. The average molecular weight is 389 g/mol. The van der Waals surface area contributed by atoms with E-state index in [-0.39, 0.29) is 41.1 Å². The quantitative estimate of drug-likeness (QED) is 0.871. The summed E-state index contributed by atoms with van der Waals surface area (Å²) in [5.74, 6) is -0.124. The highest BCUT2D eigenvalue weighted by Gasteiger charge is 2.32. The Bertz CT molecular complexity index is 981. The third kappa shape index (κ3) is 4.05. The van der Waals surface area contributed by atoms with Gasteiger partial charge in [-0.05, 0) is 51.5 Å². The van der Waals surface area contributed by atoms with Gasteiger partial charge in [-0.15, -0.1) is 0 Å². The van der Waals surface area contributed by atoms with Crippen molar-refractivity contribution in [2.45, 2.75) is 38.1 Å². The standard InChI is InChI=1S/C19H23N3O4S/c1-13-6-5-7-15(10-13)27(24,25)22-8-9-26-18-16(22)11-14(12-20-18)17(23)21-19(2,3)4/h5-7,10-12H,8-9H2,1-4H3,(H,21,23). The van der Waals surface area contributed by atoms with E-state index in [0.717, 1.165) is 5.56 Å². The molecule has 2 heterocycles. The predicted octanol–water partition coefficient (Wildman–Crippen LogP) is 2.51. The molecule has 2 aromatic rings. The molecule has 0 saturated heterocycles. The van der Waals surface area contributed by atoms with Crippen LogP contribution in [0.5, 0.6) is 5.88 Å². The Balaban J connectivity index is 2.02. The summed E-state index contributed by atoms with van der Waals surface area (Å²) >= 11 is 0. The van der Waals surface area contributed by atoms with Crippen LogP contribution in [-0.4, -0.2) is 38.0 Å². The summed E-state index contributed by atoms with van der Waals surface area (Å²) in [5.41, 5.74) is 0.973. The Kier molecular flexibility index (Phi) is 4.86. The second-order valence-corrected chi connectivity index (χ2v) is 9.36. The second-order valence-electron chi connectivity index (χ2n) is 7.49. The number of rotatable bonds is 3. The van der Waals surface area contributed by atoms with E-state index in [0.29, 0.717) is 0 Å². The van der Waals surface area contributed by atoms with E-state index < -0.39 is 15.6 Å². The molecule has 0 fully saturated rings. The van der Waals surface area contributed by atoms with Crippen molar-refractivity contribution in [3.05, 3.63) is 47.7 Å². The molecule has 1 aliphatic rings. The number of ether oxygens (including phenoxy) is 1. The number of aryl methyl sites for hydroxylation is 1.